The molecule has 0 radical (unpaired) electrons. The van der Waals surface area contributed by atoms with Gasteiger partial charge in [-0.05, 0) is 36.8 Å². The van der Waals surface area contributed by atoms with Crippen LogP contribution < -0.4 is 10.6 Å². The lowest BCUT2D eigenvalue weighted by Crippen LogP contribution is -2.38. The smallest absolute Gasteiger partial charge is 0.191 e. The molecule has 0 saturated carbocycles. The molecule has 1 atom stereocenters. The van der Waals surface area contributed by atoms with Crippen LogP contribution in [0.1, 0.15) is 29.7 Å². The minimum absolute atomic E-state index is 0.0693. The molecule has 0 bridgehead atoms. The zero-order valence-corrected chi connectivity index (χ0v) is 14.2. The van der Waals surface area contributed by atoms with Gasteiger partial charge in [0.15, 0.2) is 5.96 Å². The van der Waals surface area contributed by atoms with Crippen molar-refractivity contribution in [2.45, 2.75) is 19.5 Å². The highest BCUT2D eigenvalue weighted by molar-refractivity contribution is 6.31. The molecular formula is C18H18ClFN4. The number of nitrogens with one attached hydrogen (secondary N) is 2. The van der Waals surface area contributed by atoms with Crippen LogP contribution in [0, 0.1) is 17.1 Å². The zero-order chi connectivity index (χ0) is 17.5. The molecule has 1 unspecified atom stereocenters. The minimum Gasteiger partial charge on any atom is -0.352 e. The number of guanidine groups is 1. The van der Waals surface area contributed by atoms with E-state index in [2.05, 4.69) is 15.6 Å². The molecule has 6 heteroatoms. The van der Waals surface area contributed by atoms with Crippen molar-refractivity contribution in [1.29, 1.82) is 5.26 Å². The Morgan fingerprint density at radius 2 is 2.08 bits per heavy atom. The van der Waals surface area contributed by atoms with Crippen molar-refractivity contribution >= 4 is 17.6 Å². The SMILES string of the molecule is CN=C(NCc1cc(C#N)ccc1F)NC(C)c1ccccc1Cl. The Hall–Kier alpha value is -2.58. The lowest BCUT2D eigenvalue weighted by Gasteiger charge is -2.19. The number of benzene rings is 2. The molecule has 0 amide bonds. The molecular weight excluding hydrogens is 327 g/mol. The standard InChI is InChI=1S/C18H18ClFN4/c1-12(15-5-3-4-6-16(15)19)24-18(22-2)23-11-14-9-13(10-21)7-8-17(14)20/h3-9,12H,11H2,1-2H3,(H2,22,23,24). The van der Waals surface area contributed by atoms with Crippen molar-refractivity contribution in [3.05, 3.63) is 70.0 Å². The highest BCUT2D eigenvalue weighted by Crippen LogP contribution is 2.21. The first-order valence-corrected chi connectivity index (χ1v) is 7.83. The van der Waals surface area contributed by atoms with Gasteiger partial charge in [0.25, 0.3) is 0 Å². The number of hydrogen-bond donors (Lipinski definition) is 2. The van der Waals surface area contributed by atoms with E-state index >= 15 is 0 Å². The minimum atomic E-state index is -0.365. The second kappa shape index (κ2) is 8.32. The Kier molecular flexibility index (Phi) is 6.16. The maximum atomic E-state index is 13.8. The molecule has 4 nitrogen and oxygen atoms in total. The summed E-state index contributed by atoms with van der Waals surface area (Å²) in [4.78, 5) is 4.13. The molecule has 0 aliphatic carbocycles. The number of nitriles is 1. The number of rotatable bonds is 4. The Balaban J connectivity index is 2.03. The van der Waals surface area contributed by atoms with Crippen LogP contribution in [-0.2, 0) is 6.54 Å². The molecule has 2 aromatic rings. The van der Waals surface area contributed by atoms with E-state index in [0.29, 0.717) is 22.1 Å². The molecule has 0 aliphatic rings. The van der Waals surface area contributed by atoms with Crippen molar-refractivity contribution in [2.24, 2.45) is 4.99 Å². The van der Waals surface area contributed by atoms with Gasteiger partial charge in [0.05, 0.1) is 17.7 Å². The number of halogens is 2. The van der Waals surface area contributed by atoms with E-state index in [-0.39, 0.29) is 18.4 Å². The first-order valence-electron chi connectivity index (χ1n) is 7.45. The van der Waals surface area contributed by atoms with Crippen LogP contribution in [0.4, 0.5) is 4.39 Å². The highest BCUT2D eigenvalue weighted by atomic mass is 35.5. The van der Waals surface area contributed by atoms with E-state index in [0.717, 1.165) is 5.56 Å². The summed E-state index contributed by atoms with van der Waals surface area (Å²) in [6.45, 7) is 2.18. The average Bonchev–Trinajstić information content (AvgIpc) is 2.60. The lowest BCUT2D eigenvalue weighted by molar-refractivity contribution is 0.602. The summed E-state index contributed by atoms with van der Waals surface area (Å²) in [5, 5.41) is 15.8. The molecule has 0 heterocycles. The average molecular weight is 345 g/mol. The van der Waals surface area contributed by atoms with E-state index in [1.165, 1.54) is 18.2 Å². The predicted molar refractivity (Wildman–Crippen MR) is 94.3 cm³/mol. The molecule has 0 aliphatic heterocycles. The summed E-state index contributed by atoms with van der Waals surface area (Å²) < 4.78 is 13.8. The van der Waals surface area contributed by atoms with Gasteiger partial charge in [-0.15, -0.1) is 0 Å². The van der Waals surface area contributed by atoms with Crippen LogP contribution in [0.15, 0.2) is 47.5 Å². The molecule has 0 aromatic heterocycles. The highest BCUT2D eigenvalue weighted by Gasteiger charge is 2.11. The van der Waals surface area contributed by atoms with E-state index < -0.39 is 0 Å². The second-order valence-corrected chi connectivity index (χ2v) is 5.64. The summed E-state index contributed by atoms with van der Waals surface area (Å²) in [6, 6.07) is 13.7. The lowest BCUT2D eigenvalue weighted by atomic mass is 10.1. The van der Waals surface area contributed by atoms with Gasteiger partial charge in [0, 0.05) is 24.2 Å². The van der Waals surface area contributed by atoms with E-state index in [1.54, 1.807) is 7.05 Å². The van der Waals surface area contributed by atoms with Gasteiger partial charge >= 0.3 is 0 Å². The van der Waals surface area contributed by atoms with Crippen LogP contribution in [0.3, 0.4) is 0 Å². The molecule has 0 spiro atoms. The predicted octanol–water partition coefficient (Wildman–Crippen LogP) is 3.78. The molecule has 124 valence electrons. The Morgan fingerprint density at radius 1 is 1.33 bits per heavy atom. The third-order valence-corrected chi connectivity index (χ3v) is 3.91. The van der Waals surface area contributed by atoms with Crippen molar-refractivity contribution in [3.8, 4) is 6.07 Å². The van der Waals surface area contributed by atoms with Crippen LogP contribution in [0.5, 0.6) is 0 Å². The summed E-state index contributed by atoms with van der Waals surface area (Å²) >= 11 is 6.19. The van der Waals surface area contributed by atoms with E-state index in [9.17, 15) is 4.39 Å². The number of nitrogens with zero attached hydrogens (tertiary/aromatic N) is 2. The Morgan fingerprint density at radius 3 is 2.75 bits per heavy atom. The Labute approximate surface area is 146 Å². The van der Waals surface area contributed by atoms with E-state index in [4.69, 9.17) is 16.9 Å². The molecule has 0 saturated heterocycles. The van der Waals surface area contributed by atoms with Gasteiger partial charge in [-0.3, -0.25) is 4.99 Å². The summed E-state index contributed by atoms with van der Waals surface area (Å²) in [7, 11) is 1.64. The monoisotopic (exact) mass is 344 g/mol. The van der Waals surface area contributed by atoms with Gasteiger partial charge in [0.2, 0.25) is 0 Å². The van der Waals surface area contributed by atoms with Crippen LogP contribution in [-0.4, -0.2) is 13.0 Å². The van der Waals surface area contributed by atoms with Gasteiger partial charge < -0.3 is 10.6 Å². The third-order valence-electron chi connectivity index (χ3n) is 3.57. The fourth-order valence-corrected chi connectivity index (χ4v) is 2.56. The number of hydrogen-bond acceptors (Lipinski definition) is 2. The van der Waals surface area contributed by atoms with Crippen molar-refractivity contribution in [2.75, 3.05) is 7.05 Å². The zero-order valence-electron chi connectivity index (χ0n) is 13.5. The molecule has 0 fully saturated rings. The first kappa shape index (κ1) is 17.8. The van der Waals surface area contributed by atoms with E-state index in [1.807, 2.05) is 37.3 Å². The molecule has 2 N–H and O–H groups in total. The topological polar surface area (TPSA) is 60.2 Å². The van der Waals surface area contributed by atoms with Crippen molar-refractivity contribution < 1.29 is 4.39 Å². The summed E-state index contributed by atoms with van der Waals surface area (Å²) in [5.41, 5.74) is 1.77. The largest absolute Gasteiger partial charge is 0.352 e. The van der Waals surface area contributed by atoms with Gasteiger partial charge in [-0.1, -0.05) is 29.8 Å². The van der Waals surface area contributed by atoms with Crippen molar-refractivity contribution in [3.63, 3.8) is 0 Å². The summed E-state index contributed by atoms with van der Waals surface area (Å²) in [5.74, 6) is 0.153. The van der Waals surface area contributed by atoms with Crippen LogP contribution >= 0.6 is 11.6 Å². The second-order valence-electron chi connectivity index (χ2n) is 5.23. The van der Waals surface area contributed by atoms with Crippen molar-refractivity contribution in [1.82, 2.24) is 10.6 Å². The maximum absolute atomic E-state index is 13.8. The first-order chi connectivity index (χ1) is 11.5. The van der Waals surface area contributed by atoms with Crippen LogP contribution in [0.2, 0.25) is 5.02 Å². The third kappa shape index (κ3) is 4.46. The van der Waals surface area contributed by atoms with Gasteiger partial charge in [-0.25, -0.2) is 4.39 Å². The molecule has 2 rings (SSSR count). The Bertz CT molecular complexity index is 783. The number of aliphatic imine (C=N–C) groups is 1. The quantitative estimate of drug-likeness (QED) is 0.655. The molecule has 2 aromatic carbocycles. The van der Waals surface area contributed by atoms with Gasteiger partial charge in [-0.2, -0.15) is 5.26 Å². The normalized spacial score (nSPS) is 12.4. The summed E-state index contributed by atoms with van der Waals surface area (Å²) in [6.07, 6.45) is 0. The molecule has 24 heavy (non-hydrogen) atoms. The van der Waals surface area contributed by atoms with Gasteiger partial charge in [0.1, 0.15) is 5.82 Å². The maximum Gasteiger partial charge on any atom is 0.191 e. The fourth-order valence-electron chi connectivity index (χ4n) is 2.26. The fraction of sp³-hybridized carbons (Fsp3) is 0.222. The van der Waals surface area contributed by atoms with Crippen LogP contribution in [0.25, 0.3) is 0 Å².